The van der Waals surface area contributed by atoms with Crippen LogP contribution in [0, 0.1) is 5.92 Å². The van der Waals surface area contributed by atoms with E-state index in [0.29, 0.717) is 6.54 Å². The maximum atomic E-state index is 12.3. The van der Waals surface area contributed by atoms with Crippen LogP contribution in [0.1, 0.15) is 31.4 Å². The lowest BCUT2D eigenvalue weighted by Crippen LogP contribution is -2.48. The molecule has 1 aliphatic rings. The number of halogens is 1. The quantitative estimate of drug-likeness (QED) is 0.925. The summed E-state index contributed by atoms with van der Waals surface area (Å²) in [6, 6.07) is 7.97. The molecule has 2 atom stereocenters. The van der Waals surface area contributed by atoms with Gasteiger partial charge >= 0.3 is 0 Å². The molecule has 3 nitrogen and oxygen atoms in total. The molecule has 0 aliphatic carbocycles. The summed E-state index contributed by atoms with van der Waals surface area (Å²) >= 11 is 0. The van der Waals surface area contributed by atoms with Crippen molar-refractivity contribution in [3.63, 3.8) is 0 Å². The van der Waals surface area contributed by atoms with Gasteiger partial charge in [0.1, 0.15) is 0 Å². The molecular formula is C15H23ClN2O. The standard InChI is InChI=1S/C15H22N2O.ClH/c1-3-11(2)14(16)15(18)17-9-8-12-6-4-5-7-13(12)10-17;/h4-7,11,14H,3,8-10,16H2,1-2H3;1H. The van der Waals surface area contributed by atoms with Crippen molar-refractivity contribution >= 4 is 18.3 Å². The summed E-state index contributed by atoms with van der Waals surface area (Å²) in [4.78, 5) is 14.2. The van der Waals surface area contributed by atoms with Crippen molar-refractivity contribution in [2.45, 2.75) is 39.3 Å². The molecule has 0 bridgehead atoms. The highest BCUT2D eigenvalue weighted by atomic mass is 35.5. The molecule has 1 aromatic rings. The molecule has 1 amide bonds. The van der Waals surface area contributed by atoms with Crippen LogP contribution in [0.3, 0.4) is 0 Å². The SMILES string of the molecule is CCC(C)C(N)C(=O)N1CCc2ccccc2C1.Cl. The highest BCUT2D eigenvalue weighted by Gasteiger charge is 2.27. The number of fused-ring (bicyclic) bond motifs is 1. The Labute approximate surface area is 121 Å². The Morgan fingerprint density at radius 2 is 2.00 bits per heavy atom. The molecule has 106 valence electrons. The first-order valence-corrected chi connectivity index (χ1v) is 6.74. The van der Waals surface area contributed by atoms with Crippen LogP contribution < -0.4 is 5.73 Å². The molecule has 19 heavy (non-hydrogen) atoms. The predicted octanol–water partition coefficient (Wildman–Crippen LogP) is 2.37. The summed E-state index contributed by atoms with van der Waals surface area (Å²) in [5, 5.41) is 0. The number of amides is 1. The summed E-state index contributed by atoms with van der Waals surface area (Å²) in [7, 11) is 0. The normalized spacial score (nSPS) is 17.1. The molecule has 1 heterocycles. The zero-order valence-electron chi connectivity index (χ0n) is 11.6. The van der Waals surface area contributed by atoms with Gasteiger partial charge in [-0.2, -0.15) is 0 Å². The van der Waals surface area contributed by atoms with Gasteiger partial charge in [0.2, 0.25) is 5.91 Å². The van der Waals surface area contributed by atoms with E-state index in [1.165, 1.54) is 11.1 Å². The van der Waals surface area contributed by atoms with Crippen LogP contribution in [0.25, 0.3) is 0 Å². The summed E-state index contributed by atoms with van der Waals surface area (Å²) in [6.07, 6.45) is 1.88. The van der Waals surface area contributed by atoms with Crippen molar-refractivity contribution in [3.8, 4) is 0 Å². The third kappa shape index (κ3) is 3.48. The molecule has 0 saturated carbocycles. The molecule has 2 unspecified atom stereocenters. The van der Waals surface area contributed by atoms with E-state index in [1.54, 1.807) is 0 Å². The van der Waals surface area contributed by atoms with Crippen molar-refractivity contribution in [1.29, 1.82) is 0 Å². The molecule has 2 rings (SSSR count). The van der Waals surface area contributed by atoms with Gasteiger partial charge < -0.3 is 10.6 Å². The van der Waals surface area contributed by atoms with Crippen molar-refractivity contribution in [3.05, 3.63) is 35.4 Å². The number of rotatable bonds is 3. The average Bonchev–Trinajstić information content (AvgIpc) is 2.44. The smallest absolute Gasteiger partial charge is 0.240 e. The predicted molar refractivity (Wildman–Crippen MR) is 80.2 cm³/mol. The zero-order valence-corrected chi connectivity index (χ0v) is 12.5. The second kappa shape index (κ2) is 6.92. The van der Waals surface area contributed by atoms with Crippen molar-refractivity contribution in [2.75, 3.05) is 6.54 Å². The van der Waals surface area contributed by atoms with Gasteiger partial charge in [-0.15, -0.1) is 12.4 Å². The molecule has 2 N–H and O–H groups in total. The highest BCUT2D eigenvalue weighted by Crippen LogP contribution is 2.20. The van der Waals surface area contributed by atoms with Crippen molar-refractivity contribution in [2.24, 2.45) is 11.7 Å². The van der Waals surface area contributed by atoms with E-state index >= 15 is 0 Å². The van der Waals surface area contributed by atoms with E-state index in [0.717, 1.165) is 19.4 Å². The van der Waals surface area contributed by atoms with Gasteiger partial charge in [0.25, 0.3) is 0 Å². The second-order valence-corrected chi connectivity index (χ2v) is 5.19. The number of hydrogen-bond acceptors (Lipinski definition) is 2. The lowest BCUT2D eigenvalue weighted by Gasteiger charge is -2.32. The third-order valence-corrected chi connectivity index (χ3v) is 3.98. The molecule has 1 aromatic carbocycles. The van der Waals surface area contributed by atoms with Gasteiger partial charge in [0, 0.05) is 13.1 Å². The average molecular weight is 283 g/mol. The fourth-order valence-electron chi connectivity index (χ4n) is 2.39. The van der Waals surface area contributed by atoms with Crippen LogP contribution in [0.4, 0.5) is 0 Å². The molecule has 0 radical (unpaired) electrons. The molecule has 0 fully saturated rings. The fourth-order valence-corrected chi connectivity index (χ4v) is 2.39. The van der Waals surface area contributed by atoms with Gasteiger partial charge in [0.15, 0.2) is 0 Å². The van der Waals surface area contributed by atoms with Gasteiger partial charge in [-0.3, -0.25) is 4.79 Å². The van der Waals surface area contributed by atoms with Crippen molar-refractivity contribution in [1.82, 2.24) is 4.90 Å². The highest BCUT2D eigenvalue weighted by molar-refractivity contribution is 5.85. The monoisotopic (exact) mass is 282 g/mol. The minimum Gasteiger partial charge on any atom is -0.337 e. The lowest BCUT2D eigenvalue weighted by atomic mass is 9.96. The van der Waals surface area contributed by atoms with E-state index in [4.69, 9.17) is 5.73 Å². The molecule has 0 spiro atoms. The maximum Gasteiger partial charge on any atom is 0.240 e. The Bertz CT molecular complexity index is 436. The van der Waals surface area contributed by atoms with E-state index in [1.807, 2.05) is 17.9 Å². The first-order valence-electron chi connectivity index (χ1n) is 6.74. The largest absolute Gasteiger partial charge is 0.337 e. The summed E-state index contributed by atoms with van der Waals surface area (Å²) in [6.45, 7) is 5.61. The zero-order chi connectivity index (χ0) is 13.1. The summed E-state index contributed by atoms with van der Waals surface area (Å²) < 4.78 is 0. The second-order valence-electron chi connectivity index (χ2n) is 5.19. The van der Waals surface area contributed by atoms with Crippen LogP contribution in [-0.2, 0) is 17.8 Å². The third-order valence-electron chi connectivity index (χ3n) is 3.98. The molecule has 1 aliphatic heterocycles. The molecule has 0 saturated heterocycles. The molecular weight excluding hydrogens is 260 g/mol. The van der Waals surface area contributed by atoms with Crippen LogP contribution in [0.15, 0.2) is 24.3 Å². The summed E-state index contributed by atoms with van der Waals surface area (Å²) in [5.41, 5.74) is 8.65. The Balaban J connectivity index is 0.00000180. The molecule has 0 aromatic heterocycles. The Morgan fingerprint density at radius 1 is 1.37 bits per heavy atom. The number of carbonyl (C=O) groups is 1. The maximum absolute atomic E-state index is 12.3. The van der Waals surface area contributed by atoms with Crippen LogP contribution in [-0.4, -0.2) is 23.4 Å². The minimum atomic E-state index is -0.361. The van der Waals surface area contributed by atoms with E-state index in [9.17, 15) is 4.79 Å². The number of nitrogens with two attached hydrogens (primary N) is 1. The van der Waals surface area contributed by atoms with Gasteiger partial charge in [0.05, 0.1) is 6.04 Å². The lowest BCUT2D eigenvalue weighted by molar-refractivity contribution is -0.134. The fraction of sp³-hybridized carbons (Fsp3) is 0.533. The van der Waals surface area contributed by atoms with Gasteiger partial charge in [-0.1, -0.05) is 44.5 Å². The number of carbonyl (C=O) groups excluding carboxylic acids is 1. The minimum absolute atomic E-state index is 0. The van der Waals surface area contributed by atoms with Crippen molar-refractivity contribution < 1.29 is 4.79 Å². The Hall–Kier alpha value is -1.06. The summed E-state index contributed by atoms with van der Waals surface area (Å²) in [5.74, 6) is 0.341. The topological polar surface area (TPSA) is 46.3 Å². The van der Waals surface area contributed by atoms with Crippen LogP contribution in [0.2, 0.25) is 0 Å². The van der Waals surface area contributed by atoms with E-state index < -0.39 is 0 Å². The van der Waals surface area contributed by atoms with E-state index in [2.05, 4.69) is 25.1 Å². The number of nitrogens with zero attached hydrogens (tertiary/aromatic N) is 1. The van der Waals surface area contributed by atoms with Crippen LogP contribution in [0.5, 0.6) is 0 Å². The first-order chi connectivity index (χ1) is 8.63. The van der Waals surface area contributed by atoms with Gasteiger partial charge in [-0.05, 0) is 23.5 Å². The number of hydrogen-bond donors (Lipinski definition) is 1. The van der Waals surface area contributed by atoms with Crippen LogP contribution >= 0.6 is 12.4 Å². The van der Waals surface area contributed by atoms with E-state index in [-0.39, 0.29) is 30.3 Å². The molecule has 4 heteroatoms. The van der Waals surface area contributed by atoms with Gasteiger partial charge in [-0.25, -0.2) is 0 Å². The number of benzene rings is 1. The first kappa shape index (κ1) is 16.0. The Morgan fingerprint density at radius 3 is 2.63 bits per heavy atom. The Kier molecular flexibility index (Phi) is 5.83.